The molecule has 2 aromatic rings. The first-order valence-electron chi connectivity index (χ1n) is 9.38. The van der Waals surface area contributed by atoms with E-state index >= 15 is 0 Å². The summed E-state index contributed by atoms with van der Waals surface area (Å²) in [5.74, 6) is -0.379. The van der Waals surface area contributed by atoms with Crippen LogP contribution in [0.25, 0.3) is 0 Å². The fourth-order valence-corrected chi connectivity index (χ4v) is 2.91. The number of rotatable bonds is 6. The van der Waals surface area contributed by atoms with E-state index in [-0.39, 0.29) is 12.0 Å². The van der Waals surface area contributed by atoms with Gasteiger partial charge in [-0.25, -0.2) is 9.59 Å². The molecule has 0 aliphatic carbocycles. The van der Waals surface area contributed by atoms with Crippen molar-refractivity contribution < 1.29 is 19.1 Å². The van der Waals surface area contributed by atoms with Crippen LogP contribution >= 0.6 is 0 Å². The number of nitrogens with zero attached hydrogens (tertiary/aromatic N) is 1. The van der Waals surface area contributed by atoms with Gasteiger partial charge in [0, 0.05) is 31.0 Å². The van der Waals surface area contributed by atoms with Gasteiger partial charge in [-0.1, -0.05) is 12.1 Å². The smallest absolute Gasteiger partial charge is 0.338 e. The number of anilines is 2. The number of esters is 1. The second-order valence-electron chi connectivity index (χ2n) is 6.46. The molecule has 2 amide bonds. The summed E-state index contributed by atoms with van der Waals surface area (Å²) in [5, 5.41) is 5.55. The Labute approximate surface area is 164 Å². The van der Waals surface area contributed by atoms with Gasteiger partial charge in [0.25, 0.3) is 0 Å². The van der Waals surface area contributed by atoms with Crippen molar-refractivity contribution in [1.29, 1.82) is 0 Å². The van der Waals surface area contributed by atoms with E-state index in [1.54, 1.807) is 31.2 Å². The van der Waals surface area contributed by atoms with Gasteiger partial charge in [0.2, 0.25) is 0 Å². The summed E-state index contributed by atoms with van der Waals surface area (Å²) in [7, 11) is 0. The molecule has 1 fully saturated rings. The van der Waals surface area contributed by atoms with E-state index in [0.717, 1.165) is 32.8 Å². The van der Waals surface area contributed by atoms with Crippen LogP contribution in [0.4, 0.5) is 16.2 Å². The van der Waals surface area contributed by atoms with E-state index in [0.29, 0.717) is 23.5 Å². The molecule has 0 bridgehead atoms. The number of urea groups is 1. The van der Waals surface area contributed by atoms with E-state index in [9.17, 15) is 9.59 Å². The fraction of sp³-hybridized carbons (Fsp3) is 0.333. The van der Waals surface area contributed by atoms with Gasteiger partial charge in [0.1, 0.15) is 0 Å². The van der Waals surface area contributed by atoms with Crippen LogP contribution in [-0.2, 0) is 16.0 Å². The lowest BCUT2D eigenvalue weighted by molar-refractivity contribution is 0.0342. The van der Waals surface area contributed by atoms with E-state index in [2.05, 4.69) is 15.5 Å². The predicted molar refractivity (Wildman–Crippen MR) is 108 cm³/mol. The maximum absolute atomic E-state index is 12.2. The summed E-state index contributed by atoms with van der Waals surface area (Å²) in [6.07, 6.45) is 0. The maximum atomic E-state index is 12.2. The Morgan fingerprint density at radius 3 is 2.11 bits per heavy atom. The third-order valence-corrected chi connectivity index (χ3v) is 4.38. The molecule has 1 heterocycles. The van der Waals surface area contributed by atoms with E-state index in [1.165, 1.54) is 5.56 Å². The molecule has 0 atom stereocenters. The molecule has 28 heavy (non-hydrogen) atoms. The van der Waals surface area contributed by atoms with Crippen molar-refractivity contribution in [2.75, 3.05) is 43.5 Å². The Balaban J connectivity index is 1.49. The highest BCUT2D eigenvalue weighted by atomic mass is 16.5. The average molecular weight is 383 g/mol. The standard InChI is InChI=1S/C21H25N3O4/c1-2-28-20(25)17-5-9-19(10-6-17)23-21(26)22-18-7-3-16(4-8-18)15-24-11-13-27-14-12-24/h3-10H,2,11-15H2,1H3,(H2,22,23,26). The molecule has 7 heteroatoms. The molecular weight excluding hydrogens is 358 g/mol. The Morgan fingerprint density at radius 2 is 1.54 bits per heavy atom. The van der Waals surface area contributed by atoms with Gasteiger partial charge in [0.15, 0.2) is 0 Å². The topological polar surface area (TPSA) is 79.9 Å². The summed E-state index contributed by atoms with van der Waals surface area (Å²) < 4.78 is 10.3. The first-order valence-corrected chi connectivity index (χ1v) is 9.38. The number of carbonyl (C=O) groups excluding carboxylic acids is 2. The van der Waals surface area contributed by atoms with Crippen LogP contribution in [0.15, 0.2) is 48.5 Å². The van der Waals surface area contributed by atoms with Crippen molar-refractivity contribution in [2.24, 2.45) is 0 Å². The first kappa shape index (κ1) is 19.9. The minimum atomic E-state index is -0.379. The van der Waals surface area contributed by atoms with Crippen LogP contribution in [0, 0.1) is 0 Å². The zero-order valence-electron chi connectivity index (χ0n) is 15.9. The lowest BCUT2D eigenvalue weighted by Crippen LogP contribution is -2.35. The number of carbonyl (C=O) groups is 2. The van der Waals surface area contributed by atoms with Crippen LogP contribution in [-0.4, -0.2) is 49.8 Å². The minimum Gasteiger partial charge on any atom is -0.462 e. The van der Waals surface area contributed by atoms with Crippen molar-refractivity contribution in [3.8, 4) is 0 Å². The van der Waals surface area contributed by atoms with E-state index in [4.69, 9.17) is 9.47 Å². The predicted octanol–water partition coefficient (Wildman–Crippen LogP) is 3.34. The molecule has 0 unspecified atom stereocenters. The molecule has 1 saturated heterocycles. The van der Waals surface area contributed by atoms with Crippen LogP contribution < -0.4 is 10.6 Å². The van der Waals surface area contributed by atoms with Crippen molar-refractivity contribution in [1.82, 2.24) is 4.90 Å². The van der Waals surface area contributed by atoms with Crippen molar-refractivity contribution >= 4 is 23.4 Å². The molecule has 2 N–H and O–H groups in total. The Kier molecular flexibility index (Phi) is 7.00. The fourth-order valence-electron chi connectivity index (χ4n) is 2.91. The lowest BCUT2D eigenvalue weighted by atomic mass is 10.2. The number of morpholine rings is 1. The average Bonchev–Trinajstić information content (AvgIpc) is 2.71. The van der Waals surface area contributed by atoms with Gasteiger partial charge >= 0.3 is 12.0 Å². The van der Waals surface area contributed by atoms with Gasteiger partial charge in [-0.3, -0.25) is 4.90 Å². The van der Waals surface area contributed by atoms with Gasteiger partial charge in [-0.2, -0.15) is 0 Å². The highest BCUT2D eigenvalue weighted by Crippen LogP contribution is 2.14. The molecule has 0 aromatic heterocycles. The molecule has 0 spiro atoms. The summed E-state index contributed by atoms with van der Waals surface area (Å²) in [4.78, 5) is 26.2. The van der Waals surface area contributed by atoms with Crippen molar-refractivity contribution in [3.05, 3.63) is 59.7 Å². The number of hydrogen-bond acceptors (Lipinski definition) is 5. The number of hydrogen-bond donors (Lipinski definition) is 2. The highest BCUT2D eigenvalue weighted by Gasteiger charge is 2.11. The molecule has 148 valence electrons. The molecular formula is C21H25N3O4. The Hall–Kier alpha value is -2.90. The molecule has 7 nitrogen and oxygen atoms in total. The highest BCUT2D eigenvalue weighted by molar-refractivity contribution is 6.00. The minimum absolute atomic E-state index is 0.326. The van der Waals surface area contributed by atoms with E-state index in [1.807, 2.05) is 24.3 Å². The molecule has 1 aliphatic rings. The third kappa shape index (κ3) is 5.80. The van der Waals surface area contributed by atoms with Crippen molar-refractivity contribution in [2.45, 2.75) is 13.5 Å². The summed E-state index contributed by atoms with van der Waals surface area (Å²) in [6.45, 7) is 6.40. The number of ether oxygens (including phenoxy) is 2. The normalized spacial score (nSPS) is 14.3. The van der Waals surface area contributed by atoms with Crippen LogP contribution in [0.2, 0.25) is 0 Å². The van der Waals surface area contributed by atoms with Gasteiger partial charge in [0.05, 0.1) is 25.4 Å². The number of benzene rings is 2. The SMILES string of the molecule is CCOC(=O)c1ccc(NC(=O)Nc2ccc(CN3CCOCC3)cc2)cc1. The summed E-state index contributed by atoms with van der Waals surface area (Å²) >= 11 is 0. The molecule has 0 saturated carbocycles. The lowest BCUT2D eigenvalue weighted by Gasteiger charge is -2.26. The molecule has 1 aliphatic heterocycles. The van der Waals surface area contributed by atoms with Crippen LogP contribution in [0.5, 0.6) is 0 Å². The second-order valence-corrected chi connectivity index (χ2v) is 6.46. The zero-order valence-corrected chi connectivity index (χ0v) is 15.9. The number of amides is 2. The Bertz CT molecular complexity index is 784. The molecule has 3 rings (SSSR count). The molecule has 0 radical (unpaired) electrons. The first-order chi connectivity index (χ1) is 13.6. The van der Waals surface area contributed by atoms with Crippen LogP contribution in [0.3, 0.4) is 0 Å². The van der Waals surface area contributed by atoms with Gasteiger partial charge < -0.3 is 20.1 Å². The summed E-state index contributed by atoms with van der Waals surface area (Å²) in [5.41, 5.74) is 2.95. The van der Waals surface area contributed by atoms with Crippen molar-refractivity contribution in [3.63, 3.8) is 0 Å². The summed E-state index contributed by atoms with van der Waals surface area (Å²) in [6, 6.07) is 14.0. The van der Waals surface area contributed by atoms with Crippen LogP contribution in [0.1, 0.15) is 22.8 Å². The maximum Gasteiger partial charge on any atom is 0.338 e. The van der Waals surface area contributed by atoms with Gasteiger partial charge in [-0.15, -0.1) is 0 Å². The monoisotopic (exact) mass is 383 g/mol. The van der Waals surface area contributed by atoms with E-state index < -0.39 is 0 Å². The van der Waals surface area contributed by atoms with Gasteiger partial charge in [-0.05, 0) is 48.9 Å². The number of nitrogens with one attached hydrogen (secondary N) is 2. The third-order valence-electron chi connectivity index (χ3n) is 4.38. The molecule has 2 aromatic carbocycles. The largest absolute Gasteiger partial charge is 0.462 e. The quantitative estimate of drug-likeness (QED) is 0.748. The second kappa shape index (κ2) is 9.87. The zero-order chi connectivity index (χ0) is 19.8. The Morgan fingerprint density at radius 1 is 0.964 bits per heavy atom.